The van der Waals surface area contributed by atoms with Gasteiger partial charge in [-0.1, -0.05) is 36.4 Å². The topological polar surface area (TPSA) is 126 Å². The summed E-state index contributed by atoms with van der Waals surface area (Å²) in [4.78, 5) is 17.1. The van der Waals surface area contributed by atoms with Crippen LogP contribution in [0.25, 0.3) is 16.7 Å². The Morgan fingerprint density at radius 2 is 1.83 bits per heavy atom. The van der Waals surface area contributed by atoms with E-state index in [1.165, 1.54) is 0 Å². The Morgan fingerprint density at radius 1 is 1.08 bits per heavy atom. The molecule has 1 unspecified atom stereocenters. The average Bonchev–Trinajstić information content (AvgIpc) is 3.28. The first-order valence-corrected chi connectivity index (χ1v) is 13.1. The first-order chi connectivity index (χ1) is 17.0. The molecule has 0 radical (unpaired) electrons. The molecule has 1 amide bonds. The molecule has 0 aliphatic heterocycles. The number of pyridine rings is 1. The molecule has 0 bridgehead atoms. The van der Waals surface area contributed by atoms with Gasteiger partial charge in [0.25, 0.3) is 0 Å². The first kappa shape index (κ1) is 25.3. The molecule has 1 aliphatic carbocycles. The number of aromatic nitrogens is 1. The van der Waals surface area contributed by atoms with E-state index in [9.17, 15) is 18.5 Å². The summed E-state index contributed by atoms with van der Waals surface area (Å²) >= 11 is 0. The number of amides is 1. The predicted molar refractivity (Wildman–Crippen MR) is 139 cm³/mol. The second kappa shape index (κ2) is 9.69. The Hall–Kier alpha value is -3.80. The Balaban J connectivity index is 1.73. The van der Waals surface area contributed by atoms with Crippen LogP contribution in [0.15, 0.2) is 77.3 Å². The van der Waals surface area contributed by atoms with Crippen molar-refractivity contribution in [2.45, 2.75) is 50.0 Å². The van der Waals surface area contributed by atoms with Gasteiger partial charge in [0.05, 0.1) is 16.5 Å². The van der Waals surface area contributed by atoms with Crippen molar-refractivity contribution in [1.82, 2.24) is 9.71 Å². The lowest BCUT2D eigenvalue weighted by atomic mass is 9.89. The number of hydrogen-bond donors (Lipinski definition) is 2. The molecule has 7 nitrogen and oxygen atoms in total. The number of hydrogen-bond acceptors (Lipinski definition) is 5. The van der Waals surface area contributed by atoms with Gasteiger partial charge in [-0.3, -0.25) is 9.78 Å². The highest BCUT2D eigenvalue weighted by molar-refractivity contribution is 7.89. The van der Waals surface area contributed by atoms with Gasteiger partial charge in [-0.15, -0.1) is 0 Å². The number of primary amides is 1. The SMILES string of the molecule is CC(C)(C)NS(=O)(=O)c1ccccc1-c1ccc(C2CCC(C(N)=O)=C2c2cccc(C#N)c2)nc1. The van der Waals surface area contributed by atoms with Gasteiger partial charge in [0, 0.05) is 40.0 Å². The summed E-state index contributed by atoms with van der Waals surface area (Å²) in [6.07, 6.45) is 2.85. The third-order valence-corrected chi connectivity index (χ3v) is 7.84. The van der Waals surface area contributed by atoms with Crippen LogP contribution in [0.3, 0.4) is 0 Å². The summed E-state index contributed by atoms with van der Waals surface area (Å²) in [5, 5.41) is 9.33. The number of carbonyl (C=O) groups is 1. The van der Waals surface area contributed by atoms with Crippen molar-refractivity contribution >= 4 is 21.5 Å². The minimum absolute atomic E-state index is 0.169. The zero-order valence-electron chi connectivity index (χ0n) is 20.4. The highest BCUT2D eigenvalue weighted by Gasteiger charge is 2.32. The van der Waals surface area contributed by atoms with Crippen molar-refractivity contribution in [2.24, 2.45) is 5.73 Å². The second-order valence-electron chi connectivity index (χ2n) is 9.86. The molecule has 1 heterocycles. The molecule has 3 N–H and O–H groups in total. The Labute approximate surface area is 211 Å². The summed E-state index contributed by atoms with van der Waals surface area (Å²) in [6.45, 7) is 5.38. The number of allylic oxidation sites excluding steroid dienone is 1. The summed E-state index contributed by atoms with van der Waals surface area (Å²) in [5.74, 6) is -0.644. The van der Waals surface area contributed by atoms with E-state index in [2.05, 4.69) is 15.8 Å². The van der Waals surface area contributed by atoms with E-state index >= 15 is 0 Å². The van der Waals surface area contributed by atoms with Crippen LogP contribution >= 0.6 is 0 Å². The largest absolute Gasteiger partial charge is 0.366 e. The van der Waals surface area contributed by atoms with E-state index in [-0.39, 0.29) is 10.8 Å². The Morgan fingerprint density at radius 3 is 2.47 bits per heavy atom. The minimum atomic E-state index is -3.75. The smallest absolute Gasteiger partial charge is 0.244 e. The molecule has 8 heteroatoms. The number of sulfonamides is 1. The molecule has 0 saturated heterocycles. The molecule has 0 spiro atoms. The minimum Gasteiger partial charge on any atom is -0.366 e. The van der Waals surface area contributed by atoms with Crippen LogP contribution in [0.5, 0.6) is 0 Å². The van der Waals surface area contributed by atoms with Crippen molar-refractivity contribution in [1.29, 1.82) is 5.26 Å². The molecular formula is C28H28N4O3S. The molecule has 2 aromatic carbocycles. The molecule has 3 aromatic rings. The van der Waals surface area contributed by atoms with Crippen molar-refractivity contribution in [3.8, 4) is 17.2 Å². The predicted octanol–water partition coefficient (Wildman–Crippen LogP) is 4.51. The van der Waals surface area contributed by atoms with E-state index in [1.807, 2.05) is 18.2 Å². The van der Waals surface area contributed by atoms with E-state index in [4.69, 9.17) is 5.73 Å². The van der Waals surface area contributed by atoms with E-state index in [0.29, 0.717) is 35.1 Å². The lowest BCUT2D eigenvalue weighted by Crippen LogP contribution is -2.40. The van der Waals surface area contributed by atoms with Gasteiger partial charge in [-0.25, -0.2) is 13.1 Å². The lowest BCUT2D eigenvalue weighted by molar-refractivity contribution is -0.114. The Kier molecular flexibility index (Phi) is 6.81. The van der Waals surface area contributed by atoms with E-state index in [0.717, 1.165) is 16.8 Å². The van der Waals surface area contributed by atoms with Crippen LogP contribution in [0.4, 0.5) is 0 Å². The van der Waals surface area contributed by atoms with Crippen LogP contribution in [0.2, 0.25) is 0 Å². The quantitative estimate of drug-likeness (QED) is 0.515. The second-order valence-corrected chi connectivity index (χ2v) is 11.5. The molecule has 184 valence electrons. The molecular weight excluding hydrogens is 472 g/mol. The number of nitriles is 1. The zero-order chi connectivity index (χ0) is 26.1. The number of nitrogens with zero attached hydrogens (tertiary/aromatic N) is 2. The first-order valence-electron chi connectivity index (χ1n) is 11.6. The summed E-state index contributed by atoms with van der Waals surface area (Å²) in [6, 6.07) is 19.8. The number of nitrogens with one attached hydrogen (secondary N) is 1. The van der Waals surface area contributed by atoms with Crippen molar-refractivity contribution in [3.05, 3.63) is 89.3 Å². The van der Waals surface area contributed by atoms with E-state index < -0.39 is 21.5 Å². The van der Waals surface area contributed by atoms with Gasteiger partial charge in [0.2, 0.25) is 15.9 Å². The zero-order valence-corrected chi connectivity index (χ0v) is 21.3. The maximum atomic E-state index is 13.1. The van der Waals surface area contributed by atoms with Crippen LogP contribution in [0, 0.1) is 11.3 Å². The van der Waals surface area contributed by atoms with Crippen molar-refractivity contribution in [2.75, 3.05) is 0 Å². The van der Waals surface area contributed by atoms with E-state index in [1.54, 1.807) is 69.4 Å². The molecule has 1 aliphatic rings. The molecule has 36 heavy (non-hydrogen) atoms. The molecule has 4 rings (SSSR count). The van der Waals surface area contributed by atoms with Gasteiger partial charge in [-0.05, 0) is 69.0 Å². The normalized spacial score (nSPS) is 16.1. The standard InChI is InChI=1S/C28H28N4O3S/c1-28(2,3)32-36(34,35)25-10-5-4-9-21(25)20-11-14-24(31-17-20)22-12-13-23(27(30)33)26(22)19-8-6-7-18(15-19)16-29/h4-11,14-15,17,22,32H,12-13H2,1-3H3,(H2,30,33). The molecule has 1 atom stereocenters. The summed E-state index contributed by atoms with van der Waals surface area (Å²) in [7, 11) is -3.75. The van der Waals surface area contributed by atoms with Crippen molar-refractivity contribution in [3.63, 3.8) is 0 Å². The van der Waals surface area contributed by atoms with Gasteiger partial charge in [-0.2, -0.15) is 5.26 Å². The maximum absolute atomic E-state index is 13.1. The molecule has 1 aromatic heterocycles. The number of benzene rings is 2. The fraction of sp³-hybridized carbons (Fsp3) is 0.250. The molecule has 0 fully saturated rings. The Bertz CT molecular complexity index is 1490. The fourth-order valence-corrected chi connectivity index (χ4v) is 6.28. The van der Waals surface area contributed by atoms with Gasteiger partial charge >= 0.3 is 0 Å². The third kappa shape index (κ3) is 5.23. The van der Waals surface area contributed by atoms with Crippen molar-refractivity contribution < 1.29 is 13.2 Å². The van der Waals surface area contributed by atoms with Gasteiger partial charge < -0.3 is 5.73 Å². The summed E-state index contributed by atoms with van der Waals surface area (Å²) < 4.78 is 28.8. The monoisotopic (exact) mass is 500 g/mol. The van der Waals surface area contributed by atoms with Crippen LogP contribution in [-0.4, -0.2) is 24.8 Å². The molecule has 0 saturated carbocycles. The lowest BCUT2D eigenvalue weighted by Gasteiger charge is -2.21. The maximum Gasteiger partial charge on any atom is 0.244 e. The van der Waals surface area contributed by atoms with Crippen LogP contribution in [0.1, 0.15) is 56.4 Å². The average molecular weight is 501 g/mol. The fourth-order valence-electron chi connectivity index (χ4n) is 4.63. The number of carbonyl (C=O) groups excluding carboxylic acids is 1. The van der Waals surface area contributed by atoms with Crippen LogP contribution in [-0.2, 0) is 14.8 Å². The summed E-state index contributed by atoms with van der Waals surface area (Å²) in [5.41, 5.74) is 9.65. The highest BCUT2D eigenvalue weighted by atomic mass is 32.2. The van der Waals surface area contributed by atoms with Gasteiger partial charge in [0.15, 0.2) is 0 Å². The third-order valence-electron chi connectivity index (χ3n) is 6.03. The number of nitrogens with two attached hydrogens (primary N) is 1. The number of rotatable bonds is 6. The highest BCUT2D eigenvalue weighted by Crippen LogP contribution is 2.45. The van der Waals surface area contributed by atoms with Crippen LogP contribution < -0.4 is 10.5 Å². The van der Waals surface area contributed by atoms with Gasteiger partial charge in [0.1, 0.15) is 0 Å².